The lowest BCUT2D eigenvalue weighted by atomic mass is 10.0. The van der Waals surface area contributed by atoms with Crippen LogP contribution < -0.4 is 0 Å². The second kappa shape index (κ2) is 4.80. The molecule has 1 unspecified atom stereocenters. The summed E-state index contributed by atoms with van der Waals surface area (Å²) in [5, 5.41) is 0.260. The average molecular weight is 200 g/mol. The topological polar surface area (TPSA) is 34.1 Å². The molecular formula is C10H16O2S. The molecule has 13 heavy (non-hydrogen) atoms. The summed E-state index contributed by atoms with van der Waals surface area (Å²) in [4.78, 5) is 22.5. The molecule has 74 valence electrons. The number of Topliss-reactive ketones (excluding diaryl/α,β-unsaturated/α-hetero) is 2. The largest absolute Gasteiger partial charge is 0.300 e. The molecule has 0 saturated carbocycles. The van der Waals surface area contributed by atoms with Gasteiger partial charge in [0, 0.05) is 36.2 Å². The Hall–Kier alpha value is -0.310. The van der Waals surface area contributed by atoms with Gasteiger partial charge >= 0.3 is 0 Å². The van der Waals surface area contributed by atoms with Crippen LogP contribution in [0.2, 0.25) is 0 Å². The molecule has 0 aliphatic carbocycles. The van der Waals surface area contributed by atoms with Crippen LogP contribution in [0.5, 0.6) is 0 Å². The standard InChI is InChI=1S/C10H16O2S/c1-7(2)10(12)6-9-5-8(11)3-4-13-9/h7,9H,3-6H2,1-2H3. The molecule has 0 aromatic heterocycles. The number of carbonyl (C=O) groups is 2. The van der Waals surface area contributed by atoms with Crippen molar-refractivity contribution in [1.29, 1.82) is 0 Å². The highest BCUT2D eigenvalue weighted by Crippen LogP contribution is 2.26. The van der Waals surface area contributed by atoms with Crippen LogP contribution in [-0.4, -0.2) is 22.6 Å². The Morgan fingerprint density at radius 2 is 2.31 bits per heavy atom. The van der Waals surface area contributed by atoms with Crippen LogP contribution in [0.25, 0.3) is 0 Å². The second-order valence-electron chi connectivity index (χ2n) is 3.81. The molecule has 2 nitrogen and oxygen atoms in total. The van der Waals surface area contributed by atoms with Crippen molar-refractivity contribution >= 4 is 23.3 Å². The van der Waals surface area contributed by atoms with Crippen molar-refractivity contribution in [2.24, 2.45) is 5.92 Å². The molecule has 0 amide bonds. The van der Waals surface area contributed by atoms with Gasteiger partial charge in [-0.05, 0) is 0 Å². The van der Waals surface area contributed by atoms with Crippen LogP contribution in [0.1, 0.15) is 33.1 Å². The van der Waals surface area contributed by atoms with Gasteiger partial charge in [0.15, 0.2) is 0 Å². The highest BCUT2D eigenvalue weighted by atomic mass is 32.2. The highest BCUT2D eigenvalue weighted by Gasteiger charge is 2.23. The van der Waals surface area contributed by atoms with E-state index in [0.29, 0.717) is 25.0 Å². The third-order valence-electron chi connectivity index (χ3n) is 2.26. The van der Waals surface area contributed by atoms with E-state index < -0.39 is 0 Å². The van der Waals surface area contributed by atoms with Crippen LogP contribution in [0.15, 0.2) is 0 Å². The van der Waals surface area contributed by atoms with E-state index in [9.17, 15) is 9.59 Å². The van der Waals surface area contributed by atoms with Gasteiger partial charge in [-0.15, -0.1) is 0 Å². The van der Waals surface area contributed by atoms with Gasteiger partial charge in [-0.3, -0.25) is 9.59 Å². The maximum absolute atomic E-state index is 11.4. The maximum Gasteiger partial charge on any atom is 0.136 e. The minimum absolute atomic E-state index is 0.109. The molecule has 0 N–H and O–H groups in total. The molecule has 0 aromatic carbocycles. The van der Waals surface area contributed by atoms with E-state index in [1.54, 1.807) is 11.8 Å². The van der Waals surface area contributed by atoms with E-state index in [0.717, 1.165) is 5.75 Å². The Bertz CT molecular complexity index is 211. The smallest absolute Gasteiger partial charge is 0.136 e. The molecule has 0 spiro atoms. The molecule has 1 heterocycles. The van der Waals surface area contributed by atoms with E-state index in [2.05, 4.69) is 0 Å². The molecule has 1 fully saturated rings. The van der Waals surface area contributed by atoms with Crippen molar-refractivity contribution in [3.8, 4) is 0 Å². The number of carbonyl (C=O) groups excluding carboxylic acids is 2. The molecule has 1 atom stereocenters. The quantitative estimate of drug-likeness (QED) is 0.699. The molecule has 1 aliphatic heterocycles. The van der Waals surface area contributed by atoms with Crippen LogP contribution in [-0.2, 0) is 9.59 Å². The molecule has 0 aromatic rings. The Morgan fingerprint density at radius 3 is 2.85 bits per heavy atom. The van der Waals surface area contributed by atoms with Crippen LogP contribution in [0, 0.1) is 5.92 Å². The summed E-state index contributed by atoms with van der Waals surface area (Å²) >= 11 is 1.77. The summed E-state index contributed by atoms with van der Waals surface area (Å²) < 4.78 is 0. The van der Waals surface area contributed by atoms with Gasteiger partial charge in [-0.1, -0.05) is 13.8 Å². The van der Waals surface area contributed by atoms with Gasteiger partial charge in [0.05, 0.1) is 0 Å². The molecule has 1 aliphatic rings. The van der Waals surface area contributed by atoms with Crippen LogP contribution in [0.4, 0.5) is 0 Å². The zero-order valence-corrected chi connectivity index (χ0v) is 9.02. The fourth-order valence-corrected chi connectivity index (χ4v) is 2.61. The number of ketones is 2. The van der Waals surface area contributed by atoms with E-state index in [-0.39, 0.29) is 17.0 Å². The zero-order chi connectivity index (χ0) is 9.84. The molecule has 3 heteroatoms. The van der Waals surface area contributed by atoms with Crippen molar-refractivity contribution in [2.45, 2.75) is 38.4 Å². The summed E-state index contributed by atoms with van der Waals surface area (Å²) in [6.07, 6.45) is 1.87. The fraction of sp³-hybridized carbons (Fsp3) is 0.800. The summed E-state index contributed by atoms with van der Waals surface area (Å²) in [6, 6.07) is 0. The van der Waals surface area contributed by atoms with Crippen molar-refractivity contribution < 1.29 is 9.59 Å². The lowest BCUT2D eigenvalue weighted by Crippen LogP contribution is -2.22. The Kier molecular flexibility index (Phi) is 3.97. The first-order valence-corrected chi connectivity index (χ1v) is 5.80. The second-order valence-corrected chi connectivity index (χ2v) is 5.22. The first-order valence-electron chi connectivity index (χ1n) is 4.75. The third kappa shape index (κ3) is 3.51. The van der Waals surface area contributed by atoms with Gasteiger partial charge in [-0.25, -0.2) is 0 Å². The minimum Gasteiger partial charge on any atom is -0.300 e. The van der Waals surface area contributed by atoms with Gasteiger partial charge in [0.1, 0.15) is 11.6 Å². The van der Waals surface area contributed by atoms with Gasteiger partial charge in [-0.2, -0.15) is 11.8 Å². The molecule has 1 saturated heterocycles. The summed E-state index contributed by atoms with van der Waals surface area (Å²) in [6.45, 7) is 3.83. The number of hydrogen-bond acceptors (Lipinski definition) is 3. The van der Waals surface area contributed by atoms with Crippen LogP contribution >= 0.6 is 11.8 Å². The number of thioether (sulfide) groups is 1. The zero-order valence-electron chi connectivity index (χ0n) is 8.21. The predicted molar refractivity (Wildman–Crippen MR) is 54.9 cm³/mol. The van der Waals surface area contributed by atoms with Gasteiger partial charge in [0.25, 0.3) is 0 Å². The number of rotatable bonds is 3. The first-order chi connectivity index (χ1) is 6.09. The predicted octanol–water partition coefficient (Wildman–Crippen LogP) is 2.07. The van der Waals surface area contributed by atoms with Crippen molar-refractivity contribution in [3.63, 3.8) is 0 Å². The summed E-state index contributed by atoms with van der Waals surface area (Å²) in [5.74, 6) is 1.61. The van der Waals surface area contributed by atoms with Crippen molar-refractivity contribution in [1.82, 2.24) is 0 Å². The molecular weight excluding hydrogens is 184 g/mol. The lowest BCUT2D eigenvalue weighted by Gasteiger charge is -2.20. The van der Waals surface area contributed by atoms with E-state index in [1.165, 1.54) is 0 Å². The molecule has 0 bridgehead atoms. The van der Waals surface area contributed by atoms with E-state index >= 15 is 0 Å². The van der Waals surface area contributed by atoms with Crippen molar-refractivity contribution in [3.05, 3.63) is 0 Å². The monoisotopic (exact) mass is 200 g/mol. The lowest BCUT2D eigenvalue weighted by molar-refractivity contribution is -0.122. The summed E-state index contributed by atoms with van der Waals surface area (Å²) in [7, 11) is 0. The van der Waals surface area contributed by atoms with Gasteiger partial charge < -0.3 is 0 Å². The fourth-order valence-electron chi connectivity index (χ4n) is 1.35. The average Bonchev–Trinajstić information content (AvgIpc) is 2.04. The van der Waals surface area contributed by atoms with Crippen LogP contribution in [0.3, 0.4) is 0 Å². The Labute approximate surface area is 83.5 Å². The SMILES string of the molecule is CC(C)C(=O)CC1CC(=O)CCS1. The van der Waals surface area contributed by atoms with Gasteiger partial charge in [0.2, 0.25) is 0 Å². The Balaban J connectivity index is 2.36. The van der Waals surface area contributed by atoms with E-state index in [4.69, 9.17) is 0 Å². The molecule has 1 rings (SSSR count). The van der Waals surface area contributed by atoms with E-state index in [1.807, 2.05) is 13.8 Å². The highest BCUT2D eigenvalue weighted by molar-refractivity contribution is 8.00. The minimum atomic E-state index is 0.109. The summed E-state index contributed by atoms with van der Waals surface area (Å²) in [5.41, 5.74) is 0. The first kappa shape index (κ1) is 10.8. The third-order valence-corrected chi connectivity index (χ3v) is 3.51. The number of hydrogen-bond donors (Lipinski definition) is 0. The molecule has 0 radical (unpaired) electrons. The maximum atomic E-state index is 11.4. The normalized spacial score (nSPS) is 23.6. The van der Waals surface area contributed by atoms with Crippen molar-refractivity contribution in [2.75, 3.05) is 5.75 Å². The Morgan fingerprint density at radius 1 is 1.62 bits per heavy atom.